The average Bonchev–Trinajstić information content (AvgIpc) is 2.14. The Kier molecular flexibility index (Phi) is 4.63. The fourth-order valence-electron chi connectivity index (χ4n) is 0.576. The molecule has 0 saturated carbocycles. The zero-order chi connectivity index (χ0) is 15.9. The molecule has 0 rings (SSSR count). The molecule has 0 fully saturated rings. The summed E-state index contributed by atoms with van der Waals surface area (Å²) in [5.41, 5.74) is 0. The summed E-state index contributed by atoms with van der Waals surface area (Å²) >= 11 is 3.51. The molecule has 0 spiro atoms. The molecule has 13 heteroatoms. The van der Waals surface area contributed by atoms with Crippen LogP contribution in [0.15, 0.2) is 12.1 Å². The number of hydrogen-bond donors (Lipinski definition) is 0. The monoisotopic (exact) mass is 332 g/mol. The fraction of sp³-hybridized carbons (Fsp3) is 0.667. The van der Waals surface area contributed by atoms with Gasteiger partial charge >= 0.3 is 35.4 Å². The SMILES string of the molecule is FC(F)=C(F)OC(F)(F)C(F)(F)C(F)(F)C(F)(F)Cl. The zero-order valence-electron chi connectivity index (χ0n) is 7.94. The van der Waals surface area contributed by atoms with Crippen molar-refractivity contribution in [1.82, 2.24) is 0 Å². The molecular formula is C6ClF11O. The normalized spacial score (nSPS) is 14.3. The number of alkyl halides is 9. The number of halogens is 12. The lowest BCUT2D eigenvalue weighted by atomic mass is 10.1. The Morgan fingerprint density at radius 1 is 0.737 bits per heavy atom. The lowest BCUT2D eigenvalue weighted by Gasteiger charge is -2.33. The Balaban J connectivity index is 5.59. The average molecular weight is 332 g/mol. The van der Waals surface area contributed by atoms with E-state index in [2.05, 4.69) is 11.6 Å². The first-order valence-corrected chi connectivity index (χ1v) is 4.05. The van der Waals surface area contributed by atoms with Crippen LogP contribution < -0.4 is 0 Å². The molecular weight excluding hydrogens is 332 g/mol. The van der Waals surface area contributed by atoms with Crippen molar-refractivity contribution < 1.29 is 53.0 Å². The van der Waals surface area contributed by atoms with Crippen molar-refractivity contribution in [3.8, 4) is 0 Å². The molecule has 0 aliphatic heterocycles. The van der Waals surface area contributed by atoms with Crippen molar-refractivity contribution in [2.75, 3.05) is 0 Å². The molecule has 0 aromatic carbocycles. The van der Waals surface area contributed by atoms with Crippen LogP contribution in [0.25, 0.3) is 0 Å². The zero-order valence-corrected chi connectivity index (χ0v) is 8.70. The molecule has 0 atom stereocenters. The highest BCUT2D eigenvalue weighted by Gasteiger charge is 2.82. The highest BCUT2D eigenvalue weighted by atomic mass is 35.5. The molecule has 1 nitrogen and oxygen atoms in total. The van der Waals surface area contributed by atoms with Gasteiger partial charge in [-0.1, -0.05) is 0 Å². The van der Waals surface area contributed by atoms with Gasteiger partial charge in [0.15, 0.2) is 0 Å². The third-order valence-electron chi connectivity index (χ3n) is 1.48. The van der Waals surface area contributed by atoms with Gasteiger partial charge in [-0.2, -0.15) is 48.3 Å². The lowest BCUT2D eigenvalue weighted by Crippen LogP contribution is -2.61. The maximum absolute atomic E-state index is 12.5. The molecule has 0 aliphatic carbocycles. The van der Waals surface area contributed by atoms with Crippen LogP contribution in [0.4, 0.5) is 48.3 Å². The first-order chi connectivity index (χ1) is 8.08. The Hall–Kier alpha value is -0.940. The summed E-state index contributed by atoms with van der Waals surface area (Å²) in [6.07, 6.45) is -10.4. The Morgan fingerprint density at radius 3 is 1.37 bits per heavy atom. The highest BCUT2D eigenvalue weighted by molar-refractivity contribution is 6.22. The molecule has 0 aliphatic rings. The molecule has 0 unspecified atom stereocenters. The maximum Gasteiger partial charge on any atom is 0.473 e. The molecule has 0 aromatic heterocycles. The van der Waals surface area contributed by atoms with Gasteiger partial charge < -0.3 is 4.74 Å². The van der Waals surface area contributed by atoms with Gasteiger partial charge in [-0.25, -0.2) is 0 Å². The fourth-order valence-corrected chi connectivity index (χ4v) is 0.695. The summed E-state index contributed by atoms with van der Waals surface area (Å²) in [7, 11) is 0. The van der Waals surface area contributed by atoms with Gasteiger partial charge in [-0.3, -0.25) is 0 Å². The van der Waals surface area contributed by atoms with E-state index < -0.39 is 35.4 Å². The minimum absolute atomic E-state index is 1.95. The predicted octanol–water partition coefficient (Wildman–Crippen LogP) is 4.73. The van der Waals surface area contributed by atoms with Crippen molar-refractivity contribution in [3.63, 3.8) is 0 Å². The first kappa shape index (κ1) is 18.1. The van der Waals surface area contributed by atoms with Crippen LogP contribution in [0, 0.1) is 0 Å². The molecule has 0 bridgehead atoms. The molecule has 0 aromatic rings. The van der Waals surface area contributed by atoms with E-state index in [-0.39, 0.29) is 0 Å². The van der Waals surface area contributed by atoms with Gasteiger partial charge in [0.05, 0.1) is 0 Å². The van der Waals surface area contributed by atoms with E-state index in [1.165, 1.54) is 0 Å². The molecule has 0 saturated heterocycles. The predicted molar refractivity (Wildman–Crippen MR) is 37.1 cm³/mol. The van der Waals surface area contributed by atoms with Crippen LogP contribution in [0.3, 0.4) is 0 Å². The van der Waals surface area contributed by atoms with E-state index in [0.29, 0.717) is 0 Å². The Labute approximate surface area is 101 Å². The molecule has 0 amide bonds. The van der Waals surface area contributed by atoms with Crippen molar-refractivity contribution >= 4 is 11.6 Å². The van der Waals surface area contributed by atoms with Crippen LogP contribution in [0.5, 0.6) is 0 Å². The van der Waals surface area contributed by atoms with E-state index in [1.807, 2.05) is 4.74 Å². The molecule has 0 radical (unpaired) electrons. The smallest absolute Gasteiger partial charge is 0.397 e. The maximum atomic E-state index is 12.5. The van der Waals surface area contributed by atoms with Gasteiger partial charge in [-0.05, 0) is 11.6 Å². The summed E-state index contributed by atoms with van der Waals surface area (Å²) in [6, 6.07) is -3.64. The number of ether oxygens (including phenoxy) is 1. The van der Waals surface area contributed by atoms with Crippen LogP contribution in [-0.4, -0.2) is 23.3 Å². The lowest BCUT2D eigenvalue weighted by molar-refractivity contribution is -0.413. The minimum Gasteiger partial charge on any atom is -0.397 e. The summed E-state index contributed by atoms with van der Waals surface area (Å²) in [5.74, 6) is -14.0. The largest absolute Gasteiger partial charge is 0.473 e. The minimum atomic E-state index is -7.09. The molecule has 0 N–H and O–H groups in total. The summed E-state index contributed by atoms with van der Waals surface area (Å²) in [4.78, 5) is 0. The van der Waals surface area contributed by atoms with E-state index in [1.54, 1.807) is 0 Å². The quantitative estimate of drug-likeness (QED) is 0.402. The topological polar surface area (TPSA) is 9.23 Å². The third kappa shape index (κ3) is 3.15. The van der Waals surface area contributed by atoms with Crippen LogP contribution in [0.1, 0.15) is 0 Å². The summed E-state index contributed by atoms with van der Waals surface area (Å²) in [5, 5.41) is -6.18. The Bertz CT molecular complexity index is 366. The van der Waals surface area contributed by atoms with Gasteiger partial charge in [-0.15, -0.1) is 0 Å². The van der Waals surface area contributed by atoms with E-state index in [9.17, 15) is 48.3 Å². The number of rotatable bonds is 5. The van der Waals surface area contributed by atoms with Crippen LogP contribution in [-0.2, 0) is 4.74 Å². The van der Waals surface area contributed by atoms with E-state index in [0.717, 1.165) is 0 Å². The highest BCUT2D eigenvalue weighted by Crippen LogP contribution is 2.54. The van der Waals surface area contributed by atoms with Crippen molar-refractivity contribution in [2.45, 2.75) is 23.3 Å². The van der Waals surface area contributed by atoms with Gasteiger partial charge in [0.1, 0.15) is 0 Å². The Morgan fingerprint density at radius 2 is 1.11 bits per heavy atom. The molecule has 114 valence electrons. The first-order valence-electron chi connectivity index (χ1n) is 3.68. The summed E-state index contributed by atoms with van der Waals surface area (Å²) in [6.45, 7) is 0. The molecule has 0 heterocycles. The van der Waals surface area contributed by atoms with Crippen molar-refractivity contribution in [1.29, 1.82) is 0 Å². The van der Waals surface area contributed by atoms with E-state index in [4.69, 9.17) is 0 Å². The summed E-state index contributed by atoms with van der Waals surface area (Å²) < 4.78 is 135. The third-order valence-corrected chi connectivity index (χ3v) is 1.72. The number of hydrogen-bond acceptors (Lipinski definition) is 1. The van der Waals surface area contributed by atoms with Gasteiger partial charge in [0.2, 0.25) is 0 Å². The van der Waals surface area contributed by atoms with Gasteiger partial charge in [0.25, 0.3) is 0 Å². The second-order valence-corrected chi connectivity index (χ2v) is 3.27. The van der Waals surface area contributed by atoms with Gasteiger partial charge in [0, 0.05) is 0 Å². The van der Waals surface area contributed by atoms with Crippen molar-refractivity contribution in [3.05, 3.63) is 12.1 Å². The second kappa shape index (κ2) is 4.87. The van der Waals surface area contributed by atoms with E-state index >= 15 is 0 Å². The second-order valence-electron chi connectivity index (χ2n) is 2.80. The molecule has 19 heavy (non-hydrogen) atoms. The van der Waals surface area contributed by atoms with Crippen LogP contribution in [0.2, 0.25) is 0 Å². The standard InChI is InChI=1S/C6ClF11O/c7-5(15,16)3(11,12)4(13,14)6(17,18)19-2(10)1(8)9. The van der Waals surface area contributed by atoms with Crippen molar-refractivity contribution in [2.24, 2.45) is 0 Å². The van der Waals surface area contributed by atoms with Crippen LogP contribution >= 0.6 is 11.6 Å².